The van der Waals surface area contributed by atoms with Gasteiger partial charge < -0.3 is 20.1 Å². The van der Waals surface area contributed by atoms with Crippen LogP contribution in [0.15, 0.2) is 60.0 Å². The van der Waals surface area contributed by atoms with Gasteiger partial charge >= 0.3 is 0 Å². The third kappa shape index (κ3) is 6.23. The van der Waals surface area contributed by atoms with Crippen LogP contribution in [0.5, 0.6) is 11.5 Å². The van der Waals surface area contributed by atoms with Crippen LogP contribution in [-0.4, -0.2) is 40.5 Å². The molecule has 2 heterocycles. The van der Waals surface area contributed by atoms with Gasteiger partial charge in [-0.25, -0.2) is 14.7 Å². The van der Waals surface area contributed by atoms with Gasteiger partial charge in [0.05, 0.1) is 25.8 Å². The van der Waals surface area contributed by atoms with Crippen LogP contribution in [0.2, 0.25) is 0 Å². The summed E-state index contributed by atoms with van der Waals surface area (Å²) < 4.78 is 13.2. The van der Waals surface area contributed by atoms with E-state index in [1.165, 1.54) is 0 Å². The highest BCUT2D eigenvalue weighted by Crippen LogP contribution is 2.30. The second kappa shape index (κ2) is 11.7. The van der Waals surface area contributed by atoms with E-state index in [0.717, 1.165) is 40.9 Å². The Labute approximate surface area is 189 Å². The summed E-state index contributed by atoms with van der Waals surface area (Å²) in [6, 6.07) is 11.9. The molecule has 1 unspecified atom stereocenters. The first kappa shape index (κ1) is 23.1. The molecule has 2 aromatic heterocycles. The summed E-state index contributed by atoms with van der Waals surface area (Å²) in [7, 11) is 0. The zero-order valence-corrected chi connectivity index (χ0v) is 19.2. The molecule has 170 valence electrons. The molecule has 1 aromatic carbocycles. The Balaban J connectivity index is 1.72. The second-order valence-corrected chi connectivity index (χ2v) is 7.11. The highest BCUT2D eigenvalue weighted by molar-refractivity contribution is 5.80. The number of rotatable bonds is 10. The average Bonchev–Trinajstić information content (AvgIpc) is 3.34. The Kier molecular flexibility index (Phi) is 8.48. The number of pyridine rings is 1. The molecule has 0 radical (unpaired) electrons. The molecular formula is C24H32N6O2. The molecule has 0 bridgehead atoms. The lowest BCUT2D eigenvalue weighted by Gasteiger charge is -2.20. The number of nitrogens with one attached hydrogen (secondary N) is 2. The van der Waals surface area contributed by atoms with Crippen LogP contribution in [0.4, 0.5) is 0 Å². The number of hydrogen-bond acceptors (Lipinski definition) is 5. The number of benzene rings is 1. The standard InChI is InChI=1S/C24H32N6O2/c1-5-25-24(27-17-19-11-13-26-23(15-19)30-14-8-12-28-30)29-18(4)20-9-10-21(31-6-2)22(16-20)32-7-3/h8-16,18H,5-7,17H2,1-4H3,(H2,25,27,29). The summed E-state index contributed by atoms with van der Waals surface area (Å²) in [5.41, 5.74) is 2.14. The zero-order chi connectivity index (χ0) is 22.8. The molecule has 8 heteroatoms. The fraction of sp³-hybridized carbons (Fsp3) is 0.375. The van der Waals surface area contributed by atoms with Crippen LogP contribution in [0, 0.1) is 0 Å². The molecule has 0 fully saturated rings. The van der Waals surface area contributed by atoms with Gasteiger partial charge in [-0.3, -0.25) is 0 Å². The van der Waals surface area contributed by atoms with Gasteiger partial charge in [0.25, 0.3) is 0 Å². The summed E-state index contributed by atoms with van der Waals surface area (Å²) in [6.45, 7) is 10.6. The number of ether oxygens (including phenoxy) is 2. The van der Waals surface area contributed by atoms with Crippen LogP contribution in [0.3, 0.4) is 0 Å². The summed E-state index contributed by atoms with van der Waals surface area (Å²) in [5, 5.41) is 11.0. The van der Waals surface area contributed by atoms with Gasteiger partial charge in [-0.05, 0) is 69.2 Å². The monoisotopic (exact) mass is 436 g/mol. The van der Waals surface area contributed by atoms with Crippen molar-refractivity contribution in [3.63, 3.8) is 0 Å². The molecule has 0 aliphatic heterocycles. The molecule has 0 saturated carbocycles. The van der Waals surface area contributed by atoms with E-state index >= 15 is 0 Å². The van der Waals surface area contributed by atoms with Crippen molar-refractivity contribution in [3.05, 3.63) is 66.1 Å². The van der Waals surface area contributed by atoms with Gasteiger partial charge in [0, 0.05) is 25.1 Å². The van der Waals surface area contributed by atoms with Gasteiger partial charge in [-0.15, -0.1) is 0 Å². The van der Waals surface area contributed by atoms with Gasteiger partial charge in [0.15, 0.2) is 23.3 Å². The van der Waals surface area contributed by atoms with Crippen molar-refractivity contribution in [2.45, 2.75) is 40.3 Å². The molecule has 0 spiro atoms. The normalized spacial score (nSPS) is 12.3. The Bertz CT molecular complexity index is 1000. The van der Waals surface area contributed by atoms with Crippen LogP contribution in [0.25, 0.3) is 5.82 Å². The molecule has 3 rings (SSSR count). The smallest absolute Gasteiger partial charge is 0.192 e. The lowest BCUT2D eigenvalue weighted by atomic mass is 10.1. The lowest BCUT2D eigenvalue weighted by molar-refractivity contribution is 0.287. The van der Waals surface area contributed by atoms with Gasteiger partial charge in [-0.1, -0.05) is 6.07 Å². The van der Waals surface area contributed by atoms with Crippen molar-refractivity contribution in [1.82, 2.24) is 25.4 Å². The van der Waals surface area contributed by atoms with E-state index in [1.807, 2.05) is 63.4 Å². The van der Waals surface area contributed by atoms with Crippen molar-refractivity contribution in [3.8, 4) is 17.3 Å². The highest BCUT2D eigenvalue weighted by atomic mass is 16.5. The first-order valence-corrected chi connectivity index (χ1v) is 11.0. The Morgan fingerprint density at radius 2 is 1.88 bits per heavy atom. The number of nitrogens with zero attached hydrogens (tertiary/aromatic N) is 4. The van der Waals surface area contributed by atoms with E-state index in [1.54, 1.807) is 17.1 Å². The first-order valence-electron chi connectivity index (χ1n) is 11.0. The average molecular weight is 437 g/mol. The summed E-state index contributed by atoms with van der Waals surface area (Å²) in [5.74, 6) is 3.03. The second-order valence-electron chi connectivity index (χ2n) is 7.11. The SMILES string of the molecule is CCNC(=NCc1ccnc(-n2cccn2)c1)NC(C)c1ccc(OCC)c(OCC)c1. The summed E-state index contributed by atoms with van der Waals surface area (Å²) in [4.78, 5) is 9.13. The summed E-state index contributed by atoms with van der Waals surface area (Å²) in [6.07, 6.45) is 5.38. The molecule has 8 nitrogen and oxygen atoms in total. The zero-order valence-electron chi connectivity index (χ0n) is 19.2. The summed E-state index contributed by atoms with van der Waals surface area (Å²) >= 11 is 0. The minimum atomic E-state index is 0.0276. The van der Waals surface area contributed by atoms with E-state index in [-0.39, 0.29) is 6.04 Å². The third-order valence-electron chi connectivity index (χ3n) is 4.73. The molecule has 0 saturated heterocycles. The fourth-order valence-corrected chi connectivity index (χ4v) is 3.20. The number of aromatic nitrogens is 3. The van der Waals surface area contributed by atoms with E-state index in [9.17, 15) is 0 Å². The molecule has 0 amide bonds. The maximum Gasteiger partial charge on any atom is 0.192 e. The van der Waals surface area contributed by atoms with E-state index in [0.29, 0.717) is 19.8 Å². The molecule has 0 aliphatic carbocycles. The lowest BCUT2D eigenvalue weighted by Crippen LogP contribution is -2.38. The number of guanidine groups is 1. The van der Waals surface area contributed by atoms with E-state index in [2.05, 4.69) is 27.6 Å². The molecule has 32 heavy (non-hydrogen) atoms. The molecule has 2 N–H and O–H groups in total. The maximum atomic E-state index is 5.77. The van der Waals surface area contributed by atoms with E-state index in [4.69, 9.17) is 14.5 Å². The van der Waals surface area contributed by atoms with Crippen LogP contribution in [-0.2, 0) is 6.54 Å². The molecule has 1 atom stereocenters. The number of hydrogen-bond donors (Lipinski definition) is 2. The van der Waals surface area contributed by atoms with Crippen LogP contribution >= 0.6 is 0 Å². The van der Waals surface area contributed by atoms with Gasteiger partial charge in [-0.2, -0.15) is 5.10 Å². The quantitative estimate of drug-likeness (QED) is 0.371. The topological polar surface area (TPSA) is 85.6 Å². The van der Waals surface area contributed by atoms with Crippen molar-refractivity contribution in [1.29, 1.82) is 0 Å². The van der Waals surface area contributed by atoms with Crippen LogP contribution < -0.4 is 20.1 Å². The largest absolute Gasteiger partial charge is 0.490 e. The predicted octanol–water partition coefficient (Wildman–Crippen LogP) is 3.88. The van der Waals surface area contributed by atoms with Crippen LogP contribution in [0.1, 0.15) is 44.9 Å². The third-order valence-corrected chi connectivity index (χ3v) is 4.73. The fourth-order valence-electron chi connectivity index (χ4n) is 3.20. The van der Waals surface area contributed by atoms with Crippen molar-refractivity contribution < 1.29 is 9.47 Å². The first-order chi connectivity index (χ1) is 15.6. The Hall–Kier alpha value is -3.55. The van der Waals surface area contributed by atoms with Crippen molar-refractivity contribution in [2.75, 3.05) is 19.8 Å². The van der Waals surface area contributed by atoms with Crippen molar-refractivity contribution in [2.24, 2.45) is 4.99 Å². The predicted molar refractivity (Wildman–Crippen MR) is 127 cm³/mol. The molecule has 0 aliphatic rings. The minimum absolute atomic E-state index is 0.0276. The minimum Gasteiger partial charge on any atom is -0.490 e. The molecule has 3 aromatic rings. The number of aliphatic imine (C=N–C) groups is 1. The van der Waals surface area contributed by atoms with Gasteiger partial charge in [0.2, 0.25) is 0 Å². The molecular weight excluding hydrogens is 404 g/mol. The Morgan fingerprint density at radius 1 is 1.06 bits per heavy atom. The van der Waals surface area contributed by atoms with Gasteiger partial charge in [0.1, 0.15) is 0 Å². The van der Waals surface area contributed by atoms with Crippen molar-refractivity contribution >= 4 is 5.96 Å². The maximum absolute atomic E-state index is 5.77. The Morgan fingerprint density at radius 3 is 2.59 bits per heavy atom. The highest BCUT2D eigenvalue weighted by Gasteiger charge is 2.12. The van der Waals surface area contributed by atoms with E-state index < -0.39 is 0 Å².